The van der Waals surface area contributed by atoms with Crippen molar-refractivity contribution in [1.82, 2.24) is 9.91 Å². The molecule has 1 fully saturated rings. The lowest BCUT2D eigenvalue weighted by atomic mass is 9.90. The average Bonchev–Trinajstić information content (AvgIpc) is 2.79. The monoisotopic (exact) mass is 369 g/mol. The van der Waals surface area contributed by atoms with Gasteiger partial charge in [0, 0.05) is 38.6 Å². The molecule has 0 spiro atoms. The lowest BCUT2D eigenvalue weighted by molar-refractivity contribution is 0.134. The molecule has 1 aliphatic heterocycles. The second-order valence-corrected chi connectivity index (χ2v) is 7.28. The van der Waals surface area contributed by atoms with Crippen LogP contribution in [0.5, 0.6) is 0 Å². The van der Waals surface area contributed by atoms with Crippen molar-refractivity contribution in [2.24, 2.45) is 5.10 Å². The zero-order valence-corrected chi connectivity index (χ0v) is 16.2. The first kappa shape index (κ1) is 18.5. The summed E-state index contributed by atoms with van der Waals surface area (Å²) in [6, 6.07) is 32.0. The van der Waals surface area contributed by atoms with E-state index >= 15 is 0 Å². The van der Waals surface area contributed by atoms with E-state index in [4.69, 9.17) is 0 Å². The van der Waals surface area contributed by atoms with Gasteiger partial charge in [-0.25, -0.2) is 0 Å². The van der Waals surface area contributed by atoms with Gasteiger partial charge >= 0.3 is 0 Å². The minimum absolute atomic E-state index is 0.404. The van der Waals surface area contributed by atoms with Crippen molar-refractivity contribution in [3.63, 3.8) is 0 Å². The molecular formula is C25H27N3. The normalized spacial score (nSPS) is 15.4. The van der Waals surface area contributed by atoms with Gasteiger partial charge in [0.1, 0.15) is 0 Å². The fourth-order valence-corrected chi connectivity index (χ4v) is 3.75. The molecule has 0 N–H and O–H groups in total. The SMILES string of the molecule is C(=NN1CCN(CC(c2ccccc2)c2ccccc2)CC1)c1ccccc1. The third-order valence-electron chi connectivity index (χ3n) is 5.36. The van der Waals surface area contributed by atoms with Crippen molar-refractivity contribution in [3.8, 4) is 0 Å². The summed E-state index contributed by atoms with van der Waals surface area (Å²) in [6.45, 7) is 5.08. The Balaban J connectivity index is 1.39. The van der Waals surface area contributed by atoms with Gasteiger partial charge in [-0.1, -0.05) is 91.0 Å². The molecule has 142 valence electrons. The van der Waals surface area contributed by atoms with E-state index in [2.05, 4.69) is 87.8 Å². The van der Waals surface area contributed by atoms with Gasteiger partial charge in [0.2, 0.25) is 0 Å². The summed E-state index contributed by atoms with van der Waals surface area (Å²) in [5.74, 6) is 0.404. The number of rotatable bonds is 6. The van der Waals surface area contributed by atoms with Crippen molar-refractivity contribution in [2.45, 2.75) is 5.92 Å². The zero-order chi connectivity index (χ0) is 19.0. The summed E-state index contributed by atoms with van der Waals surface area (Å²) in [5.41, 5.74) is 3.93. The topological polar surface area (TPSA) is 18.8 Å². The molecule has 0 aromatic heterocycles. The maximum absolute atomic E-state index is 4.67. The molecule has 3 aromatic carbocycles. The molecule has 0 bridgehead atoms. The van der Waals surface area contributed by atoms with Crippen LogP contribution in [0.2, 0.25) is 0 Å². The fourth-order valence-electron chi connectivity index (χ4n) is 3.75. The quantitative estimate of drug-likeness (QED) is 0.597. The second-order valence-electron chi connectivity index (χ2n) is 7.28. The molecule has 1 heterocycles. The Morgan fingerprint density at radius 2 is 1.18 bits per heavy atom. The third-order valence-corrected chi connectivity index (χ3v) is 5.36. The van der Waals surface area contributed by atoms with Crippen LogP contribution in [-0.4, -0.2) is 48.8 Å². The first-order valence-corrected chi connectivity index (χ1v) is 10.0. The molecule has 0 saturated carbocycles. The summed E-state index contributed by atoms with van der Waals surface area (Å²) in [7, 11) is 0. The predicted molar refractivity (Wildman–Crippen MR) is 117 cm³/mol. The molecule has 3 aromatic rings. The van der Waals surface area contributed by atoms with Crippen LogP contribution < -0.4 is 0 Å². The van der Waals surface area contributed by atoms with Gasteiger partial charge in [-0.2, -0.15) is 5.10 Å². The van der Waals surface area contributed by atoms with Crippen LogP contribution in [0.25, 0.3) is 0 Å². The maximum Gasteiger partial charge on any atom is 0.0542 e. The van der Waals surface area contributed by atoms with Crippen molar-refractivity contribution < 1.29 is 0 Å². The van der Waals surface area contributed by atoms with Gasteiger partial charge in [0.25, 0.3) is 0 Å². The Bertz CT molecular complexity index is 815. The molecule has 4 rings (SSSR count). The largest absolute Gasteiger partial charge is 0.299 e. The van der Waals surface area contributed by atoms with E-state index in [1.165, 1.54) is 11.1 Å². The highest BCUT2D eigenvalue weighted by atomic mass is 15.5. The van der Waals surface area contributed by atoms with Crippen molar-refractivity contribution in [1.29, 1.82) is 0 Å². The van der Waals surface area contributed by atoms with Gasteiger partial charge in [-0.15, -0.1) is 0 Å². The maximum atomic E-state index is 4.67. The molecular weight excluding hydrogens is 342 g/mol. The molecule has 3 heteroatoms. The van der Waals surface area contributed by atoms with E-state index in [9.17, 15) is 0 Å². The Hall–Kier alpha value is -2.91. The minimum atomic E-state index is 0.404. The Kier molecular flexibility index (Phi) is 6.15. The number of nitrogens with zero attached hydrogens (tertiary/aromatic N) is 3. The highest BCUT2D eigenvalue weighted by Crippen LogP contribution is 2.26. The molecule has 3 nitrogen and oxygen atoms in total. The number of hydrogen-bond acceptors (Lipinski definition) is 3. The molecule has 0 radical (unpaired) electrons. The van der Waals surface area contributed by atoms with Gasteiger partial charge in [0.05, 0.1) is 6.21 Å². The molecule has 1 aliphatic rings. The average molecular weight is 370 g/mol. The standard InChI is InChI=1S/C25H27N3/c1-4-10-22(11-5-1)20-26-28-18-16-27(17-19-28)21-25(23-12-6-2-7-13-23)24-14-8-3-9-15-24/h1-15,20,25H,16-19,21H2. The summed E-state index contributed by atoms with van der Waals surface area (Å²) in [4.78, 5) is 2.57. The Labute approximate surface area is 167 Å². The lowest BCUT2D eigenvalue weighted by Gasteiger charge is -2.35. The van der Waals surface area contributed by atoms with Gasteiger partial charge < -0.3 is 0 Å². The third kappa shape index (κ3) is 4.87. The number of benzene rings is 3. The van der Waals surface area contributed by atoms with Crippen LogP contribution in [0.15, 0.2) is 96.1 Å². The Morgan fingerprint density at radius 3 is 1.71 bits per heavy atom. The smallest absolute Gasteiger partial charge is 0.0542 e. The highest BCUT2D eigenvalue weighted by molar-refractivity contribution is 5.79. The number of hydrogen-bond donors (Lipinski definition) is 0. The summed E-state index contributed by atoms with van der Waals surface area (Å²) in [5, 5.41) is 6.85. The second kappa shape index (κ2) is 9.34. The van der Waals surface area contributed by atoms with Crippen molar-refractivity contribution >= 4 is 6.21 Å². The fraction of sp³-hybridized carbons (Fsp3) is 0.240. The van der Waals surface area contributed by atoms with Gasteiger partial charge in [-0.3, -0.25) is 9.91 Å². The predicted octanol–water partition coefficient (Wildman–Crippen LogP) is 4.47. The molecule has 0 unspecified atom stereocenters. The summed E-state index contributed by atoms with van der Waals surface area (Å²) >= 11 is 0. The first-order valence-electron chi connectivity index (χ1n) is 10.0. The van der Waals surface area contributed by atoms with E-state index in [1.54, 1.807) is 0 Å². The van der Waals surface area contributed by atoms with E-state index < -0.39 is 0 Å². The van der Waals surface area contributed by atoms with Crippen LogP contribution >= 0.6 is 0 Å². The van der Waals surface area contributed by atoms with Crippen LogP contribution in [0.3, 0.4) is 0 Å². The molecule has 0 amide bonds. The highest BCUT2D eigenvalue weighted by Gasteiger charge is 2.21. The molecule has 0 aliphatic carbocycles. The first-order chi connectivity index (χ1) is 13.9. The Morgan fingerprint density at radius 1 is 0.679 bits per heavy atom. The molecule has 28 heavy (non-hydrogen) atoms. The van der Waals surface area contributed by atoms with Crippen molar-refractivity contribution in [2.75, 3.05) is 32.7 Å². The summed E-state index contributed by atoms with van der Waals surface area (Å²) < 4.78 is 0. The number of hydrazone groups is 1. The van der Waals surface area contributed by atoms with E-state index in [1.807, 2.05) is 24.4 Å². The van der Waals surface area contributed by atoms with Gasteiger partial charge in [0.15, 0.2) is 0 Å². The van der Waals surface area contributed by atoms with E-state index in [-0.39, 0.29) is 0 Å². The van der Waals surface area contributed by atoms with Crippen LogP contribution in [0, 0.1) is 0 Å². The summed E-state index contributed by atoms with van der Waals surface area (Å²) in [6.07, 6.45) is 1.96. The zero-order valence-electron chi connectivity index (χ0n) is 16.2. The molecule has 0 atom stereocenters. The van der Waals surface area contributed by atoms with Crippen LogP contribution in [0.1, 0.15) is 22.6 Å². The van der Waals surface area contributed by atoms with Gasteiger partial charge in [-0.05, 0) is 16.7 Å². The van der Waals surface area contributed by atoms with Crippen molar-refractivity contribution in [3.05, 3.63) is 108 Å². The van der Waals surface area contributed by atoms with E-state index in [0.29, 0.717) is 5.92 Å². The minimum Gasteiger partial charge on any atom is -0.299 e. The lowest BCUT2D eigenvalue weighted by Crippen LogP contribution is -2.45. The van der Waals surface area contributed by atoms with Crippen LogP contribution in [-0.2, 0) is 0 Å². The van der Waals surface area contributed by atoms with Crippen LogP contribution in [0.4, 0.5) is 0 Å². The van der Waals surface area contributed by atoms with E-state index in [0.717, 1.165) is 38.3 Å². The molecule has 1 saturated heterocycles. The number of piperazine rings is 1.